The second-order valence-corrected chi connectivity index (χ2v) is 6.23. The minimum Gasteiger partial charge on any atom is -0.450 e. The number of carbonyl (C=O) groups is 3. The van der Waals surface area contributed by atoms with Crippen molar-refractivity contribution in [2.75, 3.05) is 38.1 Å². The molecule has 0 aromatic heterocycles. The van der Waals surface area contributed by atoms with Crippen LogP contribution in [0.25, 0.3) is 0 Å². The van der Waals surface area contributed by atoms with E-state index in [9.17, 15) is 14.4 Å². The van der Waals surface area contributed by atoms with Crippen molar-refractivity contribution in [3.8, 4) is 0 Å². The number of benzene rings is 1. The maximum atomic E-state index is 12.3. The molecule has 0 unspecified atom stereocenters. The molecule has 142 valence electrons. The summed E-state index contributed by atoms with van der Waals surface area (Å²) in [5, 5.41) is 2.64. The molecule has 1 heterocycles. The molecule has 0 bridgehead atoms. The highest BCUT2D eigenvalue weighted by molar-refractivity contribution is 6.39. The van der Waals surface area contributed by atoms with Gasteiger partial charge in [0.15, 0.2) is 0 Å². The first-order chi connectivity index (χ1) is 12.5. The van der Waals surface area contributed by atoms with Gasteiger partial charge in [0.2, 0.25) is 0 Å². The summed E-state index contributed by atoms with van der Waals surface area (Å²) in [4.78, 5) is 39.1. The molecule has 1 fully saturated rings. The molecule has 2 rings (SSSR count). The summed E-state index contributed by atoms with van der Waals surface area (Å²) in [5.74, 6) is -1.24. The van der Waals surface area contributed by atoms with E-state index < -0.39 is 11.8 Å². The first-order valence-corrected chi connectivity index (χ1v) is 9.16. The van der Waals surface area contributed by atoms with Crippen molar-refractivity contribution in [1.82, 2.24) is 9.80 Å². The first-order valence-electron chi connectivity index (χ1n) is 9.16. The molecule has 1 N–H and O–H groups in total. The number of unbranched alkanes of at least 4 members (excludes halogenated alkanes) is 1. The van der Waals surface area contributed by atoms with Crippen LogP contribution < -0.4 is 5.32 Å². The molecule has 1 aromatic carbocycles. The van der Waals surface area contributed by atoms with Crippen LogP contribution in [0, 0.1) is 0 Å². The van der Waals surface area contributed by atoms with Crippen molar-refractivity contribution >= 4 is 23.6 Å². The number of ether oxygens (including phenoxy) is 1. The summed E-state index contributed by atoms with van der Waals surface area (Å²) in [5.41, 5.74) is 1.82. The van der Waals surface area contributed by atoms with E-state index in [4.69, 9.17) is 4.74 Å². The van der Waals surface area contributed by atoms with Crippen molar-refractivity contribution < 1.29 is 19.1 Å². The lowest BCUT2D eigenvalue weighted by Gasteiger charge is -2.33. The van der Waals surface area contributed by atoms with Gasteiger partial charge in [0.05, 0.1) is 6.61 Å². The number of anilines is 1. The Balaban J connectivity index is 1.82. The van der Waals surface area contributed by atoms with Crippen LogP contribution in [-0.2, 0) is 20.7 Å². The summed E-state index contributed by atoms with van der Waals surface area (Å²) in [6.07, 6.45) is 2.89. The number of rotatable bonds is 5. The van der Waals surface area contributed by atoms with Crippen molar-refractivity contribution in [2.24, 2.45) is 0 Å². The number of aryl methyl sites for hydroxylation is 1. The van der Waals surface area contributed by atoms with E-state index in [-0.39, 0.29) is 6.09 Å². The zero-order valence-corrected chi connectivity index (χ0v) is 15.5. The lowest BCUT2D eigenvalue weighted by Crippen LogP contribution is -2.53. The summed E-state index contributed by atoms with van der Waals surface area (Å²) < 4.78 is 4.94. The van der Waals surface area contributed by atoms with Gasteiger partial charge < -0.3 is 19.9 Å². The Morgan fingerprint density at radius 2 is 1.62 bits per heavy atom. The third-order valence-electron chi connectivity index (χ3n) is 4.32. The molecule has 0 atom stereocenters. The predicted molar refractivity (Wildman–Crippen MR) is 98.9 cm³/mol. The fourth-order valence-corrected chi connectivity index (χ4v) is 2.77. The summed E-state index contributed by atoms with van der Waals surface area (Å²) in [6, 6.07) is 7.56. The normalized spacial score (nSPS) is 14.1. The van der Waals surface area contributed by atoms with Crippen LogP contribution in [0.5, 0.6) is 0 Å². The zero-order chi connectivity index (χ0) is 18.9. The second-order valence-electron chi connectivity index (χ2n) is 6.23. The smallest absolute Gasteiger partial charge is 0.409 e. The van der Waals surface area contributed by atoms with Crippen LogP contribution in [0.2, 0.25) is 0 Å². The molecule has 0 saturated carbocycles. The summed E-state index contributed by atoms with van der Waals surface area (Å²) in [7, 11) is 0. The Kier molecular flexibility index (Phi) is 7.44. The predicted octanol–water partition coefficient (Wildman–Crippen LogP) is 2.27. The Bertz CT molecular complexity index is 622. The lowest BCUT2D eigenvalue weighted by molar-refractivity contribution is -0.144. The van der Waals surface area contributed by atoms with Gasteiger partial charge in [0, 0.05) is 31.9 Å². The fourth-order valence-electron chi connectivity index (χ4n) is 2.77. The summed E-state index contributed by atoms with van der Waals surface area (Å²) >= 11 is 0. The van der Waals surface area contributed by atoms with Gasteiger partial charge in [0.25, 0.3) is 0 Å². The number of nitrogens with one attached hydrogen (secondary N) is 1. The van der Waals surface area contributed by atoms with E-state index in [2.05, 4.69) is 12.2 Å². The topological polar surface area (TPSA) is 79.0 Å². The SMILES string of the molecule is CCCCc1ccc(NC(=O)C(=O)N2CCN(C(=O)OCC)CC2)cc1. The van der Waals surface area contributed by atoms with E-state index >= 15 is 0 Å². The minimum absolute atomic E-state index is 0.317. The Hall–Kier alpha value is -2.57. The largest absolute Gasteiger partial charge is 0.450 e. The van der Waals surface area contributed by atoms with Crippen LogP contribution in [-0.4, -0.2) is 60.5 Å². The fraction of sp³-hybridized carbons (Fsp3) is 0.526. The number of piperazine rings is 1. The minimum atomic E-state index is -0.657. The van der Waals surface area contributed by atoms with E-state index in [1.165, 1.54) is 10.5 Å². The van der Waals surface area contributed by atoms with Gasteiger partial charge in [-0.25, -0.2) is 4.79 Å². The maximum Gasteiger partial charge on any atom is 0.409 e. The first kappa shape index (κ1) is 19.8. The monoisotopic (exact) mass is 361 g/mol. The molecule has 7 heteroatoms. The molecule has 1 aliphatic heterocycles. The third kappa shape index (κ3) is 5.47. The van der Waals surface area contributed by atoms with E-state index in [1.54, 1.807) is 11.8 Å². The van der Waals surface area contributed by atoms with Crippen LogP contribution in [0.1, 0.15) is 32.3 Å². The van der Waals surface area contributed by atoms with Gasteiger partial charge in [-0.2, -0.15) is 0 Å². The van der Waals surface area contributed by atoms with Gasteiger partial charge in [-0.15, -0.1) is 0 Å². The Labute approximate surface area is 154 Å². The zero-order valence-electron chi connectivity index (χ0n) is 15.5. The second kappa shape index (κ2) is 9.79. The molecule has 1 aromatic rings. The number of hydrogen-bond donors (Lipinski definition) is 1. The quantitative estimate of drug-likeness (QED) is 0.816. The standard InChI is InChI=1S/C19H27N3O4/c1-3-5-6-15-7-9-16(10-8-15)20-17(23)18(24)21-11-13-22(14-12-21)19(25)26-4-2/h7-10H,3-6,11-14H2,1-2H3,(H,20,23). The molecule has 26 heavy (non-hydrogen) atoms. The van der Waals surface area contributed by atoms with Gasteiger partial charge in [0.1, 0.15) is 0 Å². The van der Waals surface area contributed by atoms with E-state index in [0.29, 0.717) is 38.5 Å². The van der Waals surface area contributed by atoms with Gasteiger partial charge >= 0.3 is 17.9 Å². The number of carbonyl (C=O) groups excluding carboxylic acids is 3. The maximum absolute atomic E-state index is 12.3. The molecule has 1 saturated heterocycles. The number of amides is 3. The van der Waals surface area contributed by atoms with Gasteiger partial charge in [-0.3, -0.25) is 9.59 Å². The van der Waals surface area contributed by atoms with Crippen molar-refractivity contribution in [1.29, 1.82) is 0 Å². The van der Waals surface area contributed by atoms with Crippen molar-refractivity contribution in [3.05, 3.63) is 29.8 Å². The molecule has 0 radical (unpaired) electrons. The van der Waals surface area contributed by atoms with E-state index in [0.717, 1.165) is 19.3 Å². The highest BCUT2D eigenvalue weighted by Crippen LogP contribution is 2.12. The lowest BCUT2D eigenvalue weighted by atomic mass is 10.1. The Morgan fingerprint density at radius 3 is 2.19 bits per heavy atom. The summed E-state index contributed by atoms with van der Waals surface area (Å²) in [6.45, 7) is 5.58. The molecule has 1 aliphatic rings. The molecule has 7 nitrogen and oxygen atoms in total. The number of hydrogen-bond acceptors (Lipinski definition) is 4. The molecular weight excluding hydrogens is 334 g/mol. The van der Waals surface area contributed by atoms with E-state index in [1.807, 2.05) is 24.3 Å². The highest BCUT2D eigenvalue weighted by atomic mass is 16.6. The van der Waals surface area contributed by atoms with Crippen LogP contribution >= 0.6 is 0 Å². The van der Waals surface area contributed by atoms with Crippen molar-refractivity contribution in [3.63, 3.8) is 0 Å². The molecule has 3 amide bonds. The van der Waals surface area contributed by atoms with Crippen LogP contribution in [0.15, 0.2) is 24.3 Å². The third-order valence-corrected chi connectivity index (χ3v) is 4.32. The van der Waals surface area contributed by atoms with Gasteiger partial charge in [-0.05, 0) is 37.5 Å². The molecule has 0 aliphatic carbocycles. The van der Waals surface area contributed by atoms with Gasteiger partial charge in [-0.1, -0.05) is 25.5 Å². The average molecular weight is 361 g/mol. The Morgan fingerprint density at radius 1 is 1.00 bits per heavy atom. The number of nitrogens with zero attached hydrogens (tertiary/aromatic N) is 2. The van der Waals surface area contributed by atoms with Crippen molar-refractivity contribution in [2.45, 2.75) is 33.1 Å². The van der Waals surface area contributed by atoms with Crippen LogP contribution in [0.3, 0.4) is 0 Å². The average Bonchev–Trinajstić information content (AvgIpc) is 2.67. The molecular formula is C19H27N3O4. The highest BCUT2D eigenvalue weighted by Gasteiger charge is 2.28. The molecule has 0 spiro atoms. The van der Waals surface area contributed by atoms with Crippen LogP contribution in [0.4, 0.5) is 10.5 Å².